The Kier molecular flexibility index (Phi) is 7.90. The Morgan fingerprint density at radius 2 is 1.34 bits per heavy atom. The first-order valence-electron chi connectivity index (χ1n) is 12.7. The number of para-hydroxylation sites is 1. The Bertz CT molecular complexity index is 1540. The number of carbonyl (C=O) groups excluding carboxylic acids is 2. The number of ether oxygens (including phenoxy) is 3. The van der Waals surface area contributed by atoms with Gasteiger partial charge in [0.15, 0.2) is 0 Å². The molecule has 5 rings (SSSR count). The van der Waals surface area contributed by atoms with Gasteiger partial charge in [-0.15, -0.1) is 0 Å². The summed E-state index contributed by atoms with van der Waals surface area (Å²) in [6.07, 6.45) is -0.541. The Morgan fingerprint density at radius 1 is 0.756 bits per heavy atom. The van der Waals surface area contributed by atoms with E-state index in [0.717, 1.165) is 0 Å². The highest BCUT2D eigenvalue weighted by Crippen LogP contribution is 2.29. The number of amides is 2. The number of hydrogen-bond acceptors (Lipinski definition) is 8. The minimum absolute atomic E-state index is 0.0192. The topological polar surface area (TPSA) is 148 Å². The zero-order valence-corrected chi connectivity index (χ0v) is 21.8. The molecule has 4 aromatic rings. The van der Waals surface area contributed by atoms with Gasteiger partial charge in [-0.25, -0.2) is 10.0 Å². The number of aromatic nitrogens is 1. The van der Waals surface area contributed by atoms with Crippen LogP contribution in [0.4, 0.5) is 16.3 Å². The third-order valence-electron chi connectivity index (χ3n) is 6.25. The number of hydrogen-bond donors (Lipinski definition) is 2. The molecule has 0 bridgehead atoms. The van der Waals surface area contributed by atoms with Gasteiger partial charge in [0.05, 0.1) is 4.91 Å². The first-order valence-corrected chi connectivity index (χ1v) is 12.7. The van der Waals surface area contributed by atoms with Crippen LogP contribution in [0.5, 0.6) is 28.9 Å². The maximum atomic E-state index is 12.6. The van der Waals surface area contributed by atoms with Crippen molar-refractivity contribution >= 4 is 23.5 Å². The molecule has 1 fully saturated rings. The minimum atomic E-state index is -0.675. The zero-order valence-electron chi connectivity index (χ0n) is 21.8. The van der Waals surface area contributed by atoms with E-state index < -0.39 is 12.0 Å². The van der Waals surface area contributed by atoms with Gasteiger partial charge in [-0.05, 0) is 60.7 Å². The van der Waals surface area contributed by atoms with Crippen LogP contribution in [-0.4, -0.2) is 58.2 Å². The van der Waals surface area contributed by atoms with E-state index in [1.807, 2.05) is 35.2 Å². The summed E-state index contributed by atoms with van der Waals surface area (Å²) in [6.45, 7) is 1.63. The smallest absolute Gasteiger partial charge is 0.415 e. The molecule has 41 heavy (non-hydrogen) atoms. The Balaban J connectivity index is 1.22. The summed E-state index contributed by atoms with van der Waals surface area (Å²) in [5.74, 6) is 1.96. The zero-order chi connectivity index (χ0) is 28.8. The predicted molar refractivity (Wildman–Crippen MR) is 147 cm³/mol. The number of pyridine rings is 1. The molecule has 0 saturated carbocycles. The van der Waals surface area contributed by atoms with E-state index in [1.165, 1.54) is 24.3 Å². The number of piperazine rings is 1. The van der Waals surface area contributed by atoms with Gasteiger partial charge in [0.25, 0.3) is 10.8 Å². The molecule has 2 amide bonds. The lowest BCUT2D eigenvalue weighted by Gasteiger charge is -2.34. The standard InChI is InChI=1S/C29H25N5O7/c30-27(35)25-14-15-26(31-28(25)40-23-12-10-22(11-13-23)39-21-4-2-1-3-5-21)32-16-18-33(19-17-32)29(36)41-24-8-6-20(7-9-24)34(37)38/h1-15H,16-19H2,(H2-,30,35,37,38)/p+1. The minimum Gasteiger partial charge on any atom is -0.457 e. The van der Waals surface area contributed by atoms with Gasteiger partial charge < -0.3 is 29.7 Å². The van der Waals surface area contributed by atoms with Crippen molar-refractivity contribution in [3.05, 3.63) is 101 Å². The highest BCUT2D eigenvalue weighted by molar-refractivity contribution is 5.95. The average molecular weight is 557 g/mol. The van der Waals surface area contributed by atoms with Crippen molar-refractivity contribution in [3.8, 4) is 28.9 Å². The molecule has 0 atom stereocenters. The molecular weight excluding hydrogens is 530 g/mol. The number of nitrogens with two attached hydrogens (primary N) is 1. The molecule has 12 heteroatoms. The van der Waals surface area contributed by atoms with Crippen molar-refractivity contribution in [3.63, 3.8) is 0 Å². The highest BCUT2D eigenvalue weighted by Gasteiger charge is 2.25. The fourth-order valence-electron chi connectivity index (χ4n) is 4.11. The van der Waals surface area contributed by atoms with E-state index >= 15 is 0 Å². The number of carbonyl (C=O) groups is 2. The molecule has 0 spiro atoms. The normalized spacial score (nSPS) is 12.9. The Labute approximate surface area is 234 Å². The molecule has 1 saturated heterocycles. The Morgan fingerprint density at radius 3 is 1.95 bits per heavy atom. The van der Waals surface area contributed by atoms with Crippen LogP contribution in [0.2, 0.25) is 0 Å². The van der Waals surface area contributed by atoms with Gasteiger partial charge in [0.2, 0.25) is 5.88 Å². The van der Waals surface area contributed by atoms with Crippen LogP contribution >= 0.6 is 0 Å². The summed E-state index contributed by atoms with van der Waals surface area (Å²) >= 11 is 0. The van der Waals surface area contributed by atoms with Crippen LogP contribution < -0.4 is 24.8 Å². The summed E-state index contributed by atoms with van der Waals surface area (Å²) in [5.41, 5.74) is 5.72. The maximum absolute atomic E-state index is 12.6. The van der Waals surface area contributed by atoms with Crippen molar-refractivity contribution in [1.82, 2.24) is 9.88 Å². The first kappa shape index (κ1) is 26.9. The van der Waals surface area contributed by atoms with Gasteiger partial charge in [-0.1, -0.05) is 18.2 Å². The number of rotatable bonds is 8. The molecule has 0 aliphatic carbocycles. The van der Waals surface area contributed by atoms with Gasteiger partial charge >= 0.3 is 11.8 Å². The van der Waals surface area contributed by atoms with Gasteiger partial charge in [-0.2, -0.15) is 4.98 Å². The molecule has 2 heterocycles. The first-order chi connectivity index (χ1) is 19.9. The molecule has 1 aromatic heterocycles. The van der Waals surface area contributed by atoms with Crippen LogP contribution in [0.1, 0.15) is 10.4 Å². The van der Waals surface area contributed by atoms with E-state index in [4.69, 9.17) is 25.2 Å². The number of anilines is 1. The molecule has 0 unspecified atom stereocenters. The van der Waals surface area contributed by atoms with E-state index in [-0.39, 0.29) is 27.8 Å². The summed E-state index contributed by atoms with van der Waals surface area (Å²) in [7, 11) is 0. The summed E-state index contributed by atoms with van der Waals surface area (Å²) in [6, 6.07) is 25.0. The molecule has 3 N–H and O–H groups in total. The lowest BCUT2D eigenvalue weighted by molar-refractivity contribution is -0.729. The van der Waals surface area contributed by atoms with Crippen LogP contribution in [0, 0.1) is 4.91 Å². The van der Waals surface area contributed by atoms with E-state index in [0.29, 0.717) is 49.2 Å². The van der Waals surface area contributed by atoms with Crippen molar-refractivity contribution in [2.45, 2.75) is 0 Å². The summed E-state index contributed by atoms with van der Waals surface area (Å²) < 4.78 is 17.1. The van der Waals surface area contributed by atoms with Crippen LogP contribution in [0.3, 0.4) is 0 Å². The second kappa shape index (κ2) is 12.0. The lowest BCUT2D eigenvalue weighted by atomic mass is 10.2. The van der Waals surface area contributed by atoms with Crippen LogP contribution in [0.25, 0.3) is 0 Å². The molecule has 1 aliphatic heterocycles. The summed E-state index contributed by atoms with van der Waals surface area (Å²) in [5, 5.41) is 8.92. The quantitative estimate of drug-likeness (QED) is 0.290. The maximum Gasteiger partial charge on any atom is 0.415 e. The van der Waals surface area contributed by atoms with Crippen molar-refractivity contribution in [2.75, 3.05) is 31.1 Å². The molecular formula is C29H26N5O7+. The fraction of sp³-hybridized carbons (Fsp3) is 0.138. The molecule has 1 aliphatic rings. The van der Waals surface area contributed by atoms with Crippen molar-refractivity contribution in [2.24, 2.45) is 5.73 Å². The molecule has 3 aromatic carbocycles. The monoisotopic (exact) mass is 556 g/mol. The van der Waals surface area contributed by atoms with Crippen LogP contribution in [-0.2, 0) is 0 Å². The third kappa shape index (κ3) is 6.68. The molecule has 12 nitrogen and oxygen atoms in total. The predicted octanol–water partition coefficient (Wildman–Crippen LogP) is 4.89. The summed E-state index contributed by atoms with van der Waals surface area (Å²) in [4.78, 5) is 43.4. The Hall–Kier alpha value is -5.65. The van der Waals surface area contributed by atoms with Crippen LogP contribution in [0.15, 0.2) is 91.0 Å². The van der Waals surface area contributed by atoms with Crippen molar-refractivity contribution < 1.29 is 33.9 Å². The number of benzene rings is 3. The van der Waals surface area contributed by atoms with Gasteiger partial charge in [-0.3, -0.25) is 4.79 Å². The number of primary amides is 1. The van der Waals surface area contributed by atoms with E-state index in [2.05, 4.69) is 4.98 Å². The number of nitrogens with zero attached hydrogens (tertiary/aromatic N) is 4. The lowest BCUT2D eigenvalue weighted by Crippen LogP contribution is -2.49. The third-order valence-corrected chi connectivity index (χ3v) is 6.25. The van der Waals surface area contributed by atoms with E-state index in [9.17, 15) is 14.5 Å². The fourth-order valence-corrected chi connectivity index (χ4v) is 4.11. The second-order valence-corrected chi connectivity index (χ2v) is 8.98. The largest absolute Gasteiger partial charge is 0.457 e. The SMILES string of the molecule is NC(=O)c1ccc(N2CCN(C(=O)Oc3ccc([N+](=O)O)cc3)CC2)nc1Oc1ccc(Oc2ccccc2)cc1. The second-order valence-electron chi connectivity index (χ2n) is 8.98. The average Bonchev–Trinajstić information content (AvgIpc) is 2.99. The molecule has 208 valence electrons. The highest BCUT2D eigenvalue weighted by atomic mass is 16.6. The van der Waals surface area contributed by atoms with Crippen molar-refractivity contribution in [1.29, 1.82) is 0 Å². The van der Waals surface area contributed by atoms with Gasteiger partial charge in [0, 0.05) is 38.3 Å². The molecule has 0 radical (unpaired) electrons. The van der Waals surface area contributed by atoms with Gasteiger partial charge in [0.1, 0.15) is 34.4 Å². The van der Waals surface area contributed by atoms with E-state index in [1.54, 1.807) is 41.3 Å².